The maximum Gasteiger partial charge on any atom is 0.0613 e. The molecule has 0 aromatic rings. The Labute approximate surface area is 72.9 Å². The highest BCUT2D eigenvalue weighted by Crippen LogP contribution is 2.45. The molecule has 2 rings (SSSR count). The number of hydrogen-bond acceptors (Lipinski definition) is 2. The zero-order valence-corrected chi connectivity index (χ0v) is 7.79. The van der Waals surface area contributed by atoms with E-state index in [0.717, 1.165) is 13.2 Å². The van der Waals surface area contributed by atoms with E-state index in [2.05, 4.69) is 11.8 Å². The van der Waals surface area contributed by atoms with Gasteiger partial charge in [0.15, 0.2) is 0 Å². The Bertz CT molecular complexity index is 122. The van der Waals surface area contributed by atoms with Crippen molar-refractivity contribution in [1.29, 1.82) is 0 Å². The second-order valence-electron chi connectivity index (χ2n) is 3.64. The Kier molecular flexibility index (Phi) is 2.42. The molecule has 1 spiro atoms. The fourth-order valence-electron chi connectivity index (χ4n) is 1.86. The lowest BCUT2D eigenvalue weighted by atomic mass is 9.96. The van der Waals surface area contributed by atoms with E-state index < -0.39 is 0 Å². The van der Waals surface area contributed by atoms with Gasteiger partial charge >= 0.3 is 0 Å². The van der Waals surface area contributed by atoms with E-state index >= 15 is 0 Å². The summed E-state index contributed by atoms with van der Waals surface area (Å²) in [4.78, 5) is 0. The molecule has 2 heterocycles. The van der Waals surface area contributed by atoms with Gasteiger partial charge in [-0.25, -0.2) is 0 Å². The Hall–Kier alpha value is 0.310. The number of rotatable bonds is 0. The van der Waals surface area contributed by atoms with Gasteiger partial charge in [0.05, 0.1) is 6.61 Å². The average Bonchev–Trinajstić information content (AvgIpc) is 1.82. The topological polar surface area (TPSA) is 9.23 Å². The summed E-state index contributed by atoms with van der Waals surface area (Å²) in [5.41, 5.74) is 0. The first-order valence-corrected chi connectivity index (χ1v) is 5.62. The van der Waals surface area contributed by atoms with E-state index in [4.69, 9.17) is 4.74 Å². The van der Waals surface area contributed by atoms with Gasteiger partial charge in [-0.15, -0.1) is 0 Å². The average molecular weight is 172 g/mol. The molecule has 2 heteroatoms. The minimum atomic E-state index is 0.570. The predicted molar refractivity (Wildman–Crippen MR) is 49.1 cm³/mol. The van der Waals surface area contributed by atoms with E-state index in [1.165, 1.54) is 37.9 Å². The third kappa shape index (κ3) is 1.73. The lowest BCUT2D eigenvalue weighted by Gasteiger charge is -2.42. The molecule has 2 aliphatic heterocycles. The molecular formula is C9H16OS. The van der Waals surface area contributed by atoms with Gasteiger partial charge < -0.3 is 4.74 Å². The van der Waals surface area contributed by atoms with Gasteiger partial charge in [0, 0.05) is 11.4 Å². The summed E-state index contributed by atoms with van der Waals surface area (Å²) in [5.74, 6) is 1.36. The van der Waals surface area contributed by atoms with Crippen molar-refractivity contribution in [2.75, 3.05) is 19.0 Å². The molecule has 2 fully saturated rings. The first-order valence-electron chi connectivity index (χ1n) is 4.63. The van der Waals surface area contributed by atoms with E-state index in [0.29, 0.717) is 4.75 Å². The zero-order chi connectivity index (χ0) is 7.57. The van der Waals surface area contributed by atoms with Crippen LogP contribution in [0.25, 0.3) is 0 Å². The molecule has 0 amide bonds. The van der Waals surface area contributed by atoms with Gasteiger partial charge in [-0.05, 0) is 25.0 Å². The fourth-order valence-corrected chi connectivity index (χ4v) is 3.10. The highest BCUT2D eigenvalue weighted by Gasteiger charge is 2.37. The fraction of sp³-hybridized carbons (Fsp3) is 1.00. The van der Waals surface area contributed by atoms with Gasteiger partial charge in [-0.1, -0.05) is 12.8 Å². The van der Waals surface area contributed by atoms with Crippen molar-refractivity contribution in [1.82, 2.24) is 0 Å². The Morgan fingerprint density at radius 3 is 2.73 bits per heavy atom. The van der Waals surface area contributed by atoms with Crippen LogP contribution in [-0.2, 0) is 4.74 Å². The lowest BCUT2D eigenvalue weighted by Crippen LogP contribution is -2.40. The second kappa shape index (κ2) is 3.36. The largest absolute Gasteiger partial charge is 0.380 e. The van der Waals surface area contributed by atoms with Gasteiger partial charge in [0.2, 0.25) is 0 Å². The third-order valence-corrected chi connectivity index (χ3v) is 4.30. The van der Waals surface area contributed by atoms with Crippen LogP contribution in [0.5, 0.6) is 0 Å². The molecule has 1 nitrogen and oxygen atoms in total. The highest BCUT2D eigenvalue weighted by atomic mass is 32.2. The number of ether oxygens (including phenoxy) is 1. The summed E-state index contributed by atoms with van der Waals surface area (Å²) in [6.45, 7) is 2.03. The quantitative estimate of drug-likeness (QED) is 0.555. The van der Waals surface area contributed by atoms with Crippen LogP contribution in [0.2, 0.25) is 0 Å². The normalized spacial score (nSPS) is 39.3. The van der Waals surface area contributed by atoms with Crippen molar-refractivity contribution < 1.29 is 4.74 Å². The summed E-state index contributed by atoms with van der Waals surface area (Å²) >= 11 is 2.13. The first-order chi connectivity index (χ1) is 5.41. The van der Waals surface area contributed by atoms with Crippen LogP contribution in [0.1, 0.15) is 32.1 Å². The molecular weight excluding hydrogens is 156 g/mol. The standard InChI is InChI=1S/C9H16OS/c1-2-4-9(5-7-11-9)8-10-6-3-1/h1-8H2. The first kappa shape index (κ1) is 7.93. The molecule has 0 saturated carbocycles. The van der Waals surface area contributed by atoms with Gasteiger partial charge in [-0.2, -0.15) is 11.8 Å². The van der Waals surface area contributed by atoms with Crippen LogP contribution < -0.4 is 0 Å². The molecule has 11 heavy (non-hydrogen) atoms. The molecule has 1 unspecified atom stereocenters. The van der Waals surface area contributed by atoms with E-state index in [9.17, 15) is 0 Å². The second-order valence-corrected chi connectivity index (χ2v) is 5.21. The molecule has 0 aromatic heterocycles. The molecule has 2 aliphatic rings. The molecule has 2 saturated heterocycles. The summed E-state index contributed by atoms with van der Waals surface area (Å²) in [7, 11) is 0. The number of thioether (sulfide) groups is 1. The van der Waals surface area contributed by atoms with E-state index in [1.54, 1.807) is 0 Å². The van der Waals surface area contributed by atoms with Crippen LogP contribution in [-0.4, -0.2) is 23.7 Å². The van der Waals surface area contributed by atoms with Crippen LogP contribution in [0, 0.1) is 0 Å². The van der Waals surface area contributed by atoms with Crippen molar-refractivity contribution >= 4 is 11.8 Å². The zero-order valence-electron chi connectivity index (χ0n) is 6.97. The monoisotopic (exact) mass is 172 g/mol. The maximum absolute atomic E-state index is 5.61. The van der Waals surface area contributed by atoms with E-state index in [1.807, 2.05) is 0 Å². The Morgan fingerprint density at radius 2 is 2.00 bits per heavy atom. The third-order valence-electron chi connectivity index (χ3n) is 2.75. The van der Waals surface area contributed by atoms with Crippen LogP contribution >= 0.6 is 11.8 Å². The van der Waals surface area contributed by atoms with Gasteiger partial charge in [0.25, 0.3) is 0 Å². The van der Waals surface area contributed by atoms with Crippen LogP contribution in [0.4, 0.5) is 0 Å². The van der Waals surface area contributed by atoms with Gasteiger partial charge in [0.1, 0.15) is 0 Å². The molecule has 64 valence electrons. The highest BCUT2D eigenvalue weighted by molar-refractivity contribution is 8.02. The van der Waals surface area contributed by atoms with Gasteiger partial charge in [-0.3, -0.25) is 0 Å². The van der Waals surface area contributed by atoms with E-state index in [-0.39, 0.29) is 0 Å². The molecule has 0 aromatic carbocycles. The van der Waals surface area contributed by atoms with Crippen molar-refractivity contribution in [3.8, 4) is 0 Å². The van der Waals surface area contributed by atoms with Crippen molar-refractivity contribution in [3.63, 3.8) is 0 Å². The van der Waals surface area contributed by atoms with Crippen molar-refractivity contribution in [3.05, 3.63) is 0 Å². The smallest absolute Gasteiger partial charge is 0.0613 e. The van der Waals surface area contributed by atoms with Crippen molar-refractivity contribution in [2.45, 2.75) is 36.9 Å². The Balaban J connectivity index is 1.86. The van der Waals surface area contributed by atoms with Crippen molar-refractivity contribution in [2.24, 2.45) is 0 Å². The lowest BCUT2D eigenvalue weighted by molar-refractivity contribution is 0.0887. The molecule has 1 atom stereocenters. The maximum atomic E-state index is 5.61. The van der Waals surface area contributed by atoms with Crippen LogP contribution in [0.3, 0.4) is 0 Å². The molecule has 0 bridgehead atoms. The Morgan fingerprint density at radius 1 is 1.09 bits per heavy atom. The predicted octanol–water partition coefficient (Wildman–Crippen LogP) is 2.45. The SMILES string of the molecule is C1CCOCC2(CC1)CCS2. The minimum Gasteiger partial charge on any atom is -0.380 e. The molecule has 0 N–H and O–H groups in total. The summed E-state index contributed by atoms with van der Waals surface area (Å²) in [5, 5.41) is 0. The summed E-state index contributed by atoms with van der Waals surface area (Å²) in [6.07, 6.45) is 6.88. The minimum absolute atomic E-state index is 0.570. The molecule has 0 radical (unpaired) electrons. The number of hydrogen-bond donors (Lipinski definition) is 0. The molecule has 0 aliphatic carbocycles. The summed E-state index contributed by atoms with van der Waals surface area (Å²) in [6, 6.07) is 0. The summed E-state index contributed by atoms with van der Waals surface area (Å²) < 4.78 is 6.18. The van der Waals surface area contributed by atoms with Crippen LogP contribution in [0.15, 0.2) is 0 Å².